The van der Waals surface area contributed by atoms with E-state index in [4.69, 9.17) is 0 Å². The molecule has 0 bridgehead atoms. The Bertz CT molecular complexity index is 268. The van der Waals surface area contributed by atoms with Crippen molar-refractivity contribution in [2.24, 2.45) is 0 Å². The third-order valence-corrected chi connectivity index (χ3v) is 2.26. The van der Waals surface area contributed by atoms with E-state index < -0.39 is 0 Å². The molecule has 1 aromatic rings. The second-order valence-electron chi connectivity index (χ2n) is 2.51. The fourth-order valence-electron chi connectivity index (χ4n) is 0.934. The van der Waals surface area contributed by atoms with Crippen LogP contribution < -0.4 is 3.27 Å². The van der Waals surface area contributed by atoms with Crippen LogP contribution in [0.2, 0.25) is 0 Å². The van der Waals surface area contributed by atoms with E-state index >= 15 is 0 Å². The van der Waals surface area contributed by atoms with Crippen LogP contribution >= 0.6 is 0 Å². The van der Waals surface area contributed by atoms with Gasteiger partial charge >= 0.3 is 81.7 Å². The molecule has 58 valence electrons. The molecule has 1 nitrogen and oxygen atoms in total. The summed E-state index contributed by atoms with van der Waals surface area (Å²) in [5.74, 6) is 0.224. The van der Waals surface area contributed by atoms with E-state index in [1.165, 1.54) is 3.27 Å². The Hall–Kier alpha value is -0.227. The first kappa shape index (κ1) is 8.87. The predicted octanol–water partition coefficient (Wildman–Crippen LogP) is 0.993. The van der Waals surface area contributed by atoms with Gasteiger partial charge in [0.15, 0.2) is 0 Å². The fraction of sp³-hybridized carbons (Fsp3) is 0.222. The molecule has 1 aromatic carbocycles. The normalized spacial score (nSPS) is 9.64. The van der Waals surface area contributed by atoms with Gasteiger partial charge in [-0.1, -0.05) is 0 Å². The molecule has 2 heteroatoms. The van der Waals surface area contributed by atoms with Crippen LogP contribution in [0.25, 0.3) is 0 Å². The molecule has 0 aromatic heterocycles. The van der Waals surface area contributed by atoms with E-state index in [2.05, 4.69) is 12.1 Å². The summed E-state index contributed by atoms with van der Waals surface area (Å²) in [5, 5.41) is 0. The van der Waals surface area contributed by atoms with E-state index in [0.717, 1.165) is 5.56 Å². The number of hydrogen-bond donors (Lipinski definition) is 0. The van der Waals surface area contributed by atoms with Crippen molar-refractivity contribution < 1.29 is 29.5 Å². The maximum atomic E-state index is 10.7. The number of ketones is 1. The number of rotatable bonds is 2. The summed E-state index contributed by atoms with van der Waals surface area (Å²) < 4.78 is 1.27. The van der Waals surface area contributed by atoms with Crippen molar-refractivity contribution >= 4 is 9.05 Å². The monoisotopic (exact) mass is 343 g/mol. The van der Waals surface area contributed by atoms with Crippen LogP contribution in [0.5, 0.6) is 0 Å². The molecule has 0 heterocycles. The third kappa shape index (κ3) is 3.11. The van der Waals surface area contributed by atoms with Crippen LogP contribution in [0.3, 0.4) is 0 Å². The first-order valence-corrected chi connectivity index (χ1v) is 4.89. The summed E-state index contributed by atoms with van der Waals surface area (Å²) in [6, 6.07) is 8.11. The summed E-state index contributed by atoms with van der Waals surface area (Å²) in [4.78, 5) is 10.7. The Balaban J connectivity index is 2.79. The molecule has 11 heavy (non-hydrogen) atoms. The maximum absolute atomic E-state index is 10.7. The van der Waals surface area contributed by atoms with Crippen LogP contribution in [0, 0.1) is 24.7 Å². The zero-order valence-corrected chi connectivity index (χ0v) is 9.24. The molecular formula is C9H9AtO. The minimum absolute atomic E-state index is 0.224. The van der Waals surface area contributed by atoms with Crippen molar-refractivity contribution in [3.05, 3.63) is 29.8 Å². The molecule has 0 saturated heterocycles. The van der Waals surface area contributed by atoms with Crippen molar-refractivity contribution in [2.45, 2.75) is 13.3 Å². The molecule has 0 fully saturated rings. The van der Waals surface area contributed by atoms with E-state index in [-0.39, 0.29) is 5.78 Å². The Morgan fingerprint density at radius 2 is 2.27 bits per heavy atom. The van der Waals surface area contributed by atoms with E-state index in [9.17, 15) is 4.79 Å². The van der Waals surface area contributed by atoms with Crippen molar-refractivity contribution in [3.8, 4) is 0 Å². The molecule has 0 saturated carbocycles. The number of benzene rings is 1. The Labute approximate surface area is 81.7 Å². The van der Waals surface area contributed by atoms with Crippen LogP contribution in [-0.2, 0) is 11.2 Å². The molecule has 0 unspecified atom stereocenters. The SMILES string of the molecule is CC(=O)Cc1cccc([At])c1. The number of Topliss-reactive ketones (excluding diaryl/α,β-unsaturated/α-hetero) is 1. The second kappa shape index (κ2) is 3.97. The zero-order valence-electron chi connectivity index (χ0n) is 6.30. The van der Waals surface area contributed by atoms with Crippen molar-refractivity contribution in [3.63, 3.8) is 0 Å². The summed E-state index contributed by atoms with van der Waals surface area (Å²) >= 11 is 1.64. The topological polar surface area (TPSA) is 17.1 Å². The fourth-order valence-corrected chi connectivity index (χ4v) is 1.76. The molecule has 0 spiro atoms. The number of carbonyl (C=O) groups is 1. The van der Waals surface area contributed by atoms with Gasteiger partial charge in [0.05, 0.1) is 0 Å². The standard InChI is InChI=1S/C9H9AtO/c1-7(11)5-8-3-2-4-9(10)6-8/h2-4,6H,5H2,1H3. The van der Waals surface area contributed by atoms with Gasteiger partial charge in [-0.25, -0.2) is 0 Å². The summed E-state index contributed by atoms with van der Waals surface area (Å²) in [5.41, 5.74) is 1.12. The summed E-state index contributed by atoms with van der Waals surface area (Å²) in [6.07, 6.45) is 0.566. The van der Waals surface area contributed by atoms with Crippen LogP contribution in [0.1, 0.15) is 12.5 Å². The van der Waals surface area contributed by atoms with Gasteiger partial charge in [-0.15, -0.1) is 0 Å². The molecule has 0 atom stereocenters. The number of hydrogen-bond acceptors (Lipinski definition) is 1. The van der Waals surface area contributed by atoms with E-state index in [1.807, 2.05) is 12.1 Å². The first-order valence-electron chi connectivity index (χ1n) is 3.42. The summed E-state index contributed by atoms with van der Waals surface area (Å²) in [6.45, 7) is 1.62. The van der Waals surface area contributed by atoms with Gasteiger partial charge in [0, 0.05) is 0 Å². The Morgan fingerprint density at radius 3 is 2.82 bits per heavy atom. The van der Waals surface area contributed by atoms with Gasteiger partial charge in [0.1, 0.15) is 0 Å². The van der Waals surface area contributed by atoms with Gasteiger partial charge in [-0.2, -0.15) is 0 Å². The van der Waals surface area contributed by atoms with Crippen molar-refractivity contribution in [1.82, 2.24) is 0 Å². The first-order chi connectivity index (χ1) is 5.18. The minimum atomic E-state index is 0.224. The van der Waals surface area contributed by atoms with Crippen molar-refractivity contribution in [2.75, 3.05) is 0 Å². The van der Waals surface area contributed by atoms with Gasteiger partial charge in [0.25, 0.3) is 0 Å². The Morgan fingerprint density at radius 1 is 1.55 bits per heavy atom. The van der Waals surface area contributed by atoms with Gasteiger partial charge < -0.3 is 0 Å². The van der Waals surface area contributed by atoms with E-state index in [0.29, 0.717) is 6.42 Å². The summed E-state index contributed by atoms with van der Waals surface area (Å²) in [7, 11) is 0. The van der Waals surface area contributed by atoms with Gasteiger partial charge in [0.2, 0.25) is 0 Å². The average Bonchev–Trinajstić information content (AvgIpc) is 1.85. The second-order valence-corrected chi connectivity index (χ2v) is 4.21. The Kier molecular flexibility index (Phi) is 3.20. The van der Waals surface area contributed by atoms with Crippen LogP contribution in [0.15, 0.2) is 24.3 Å². The van der Waals surface area contributed by atoms with Crippen molar-refractivity contribution in [1.29, 1.82) is 0 Å². The molecule has 0 aliphatic rings. The molecule has 1 rings (SSSR count). The average molecular weight is 343 g/mol. The molecular weight excluding hydrogens is 334 g/mol. The van der Waals surface area contributed by atoms with Crippen LogP contribution in [0.4, 0.5) is 0 Å². The molecule has 0 radical (unpaired) electrons. The molecule has 0 aliphatic carbocycles. The van der Waals surface area contributed by atoms with Crippen LogP contribution in [-0.4, -0.2) is 5.78 Å². The quantitative estimate of drug-likeness (QED) is 0.783. The molecule has 0 aliphatic heterocycles. The third-order valence-electron chi connectivity index (χ3n) is 1.34. The van der Waals surface area contributed by atoms with Gasteiger partial charge in [-0.3, -0.25) is 0 Å². The molecule has 0 amide bonds. The predicted molar refractivity (Wildman–Crippen MR) is 40.5 cm³/mol. The van der Waals surface area contributed by atoms with E-state index in [1.54, 1.807) is 31.6 Å². The molecule has 0 N–H and O–H groups in total. The van der Waals surface area contributed by atoms with Gasteiger partial charge in [-0.05, 0) is 0 Å². The zero-order chi connectivity index (χ0) is 8.27. The number of carbonyl (C=O) groups excluding carboxylic acids is 1.